The van der Waals surface area contributed by atoms with E-state index in [1.54, 1.807) is 0 Å². The molecule has 2 aromatic rings. The summed E-state index contributed by atoms with van der Waals surface area (Å²) in [6.07, 6.45) is -1.47. The maximum absolute atomic E-state index is 12.9. The number of halogens is 3. The number of rotatable bonds is 4. The van der Waals surface area contributed by atoms with E-state index in [1.165, 1.54) is 17.7 Å². The van der Waals surface area contributed by atoms with Gasteiger partial charge in [-0.1, -0.05) is 30.3 Å². The zero-order valence-corrected chi connectivity index (χ0v) is 16.4. The average molecular weight is 416 g/mol. The first-order chi connectivity index (χ1) is 14.3. The highest BCUT2D eigenvalue weighted by molar-refractivity contribution is 6.22. The number of likely N-dealkylation sites (tertiary alicyclic amines) is 1. The minimum atomic E-state index is -4.45. The van der Waals surface area contributed by atoms with Crippen LogP contribution in [0.1, 0.15) is 30.4 Å². The highest BCUT2D eigenvalue weighted by atomic mass is 19.4. The molecule has 0 aromatic heterocycles. The molecule has 2 aromatic carbocycles. The Morgan fingerprint density at radius 2 is 1.53 bits per heavy atom. The van der Waals surface area contributed by atoms with Gasteiger partial charge in [0.25, 0.3) is 5.91 Å². The van der Waals surface area contributed by atoms with Gasteiger partial charge in [0, 0.05) is 0 Å². The molecular formula is C23H23F3N2O2. The van der Waals surface area contributed by atoms with Crippen molar-refractivity contribution in [3.8, 4) is 0 Å². The Labute approximate surface area is 173 Å². The fourth-order valence-electron chi connectivity index (χ4n) is 4.39. The van der Waals surface area contributed by atoms with E-state index >= 15 is 0 Å². The van der Waals surface area contributed by atoms with Crippen molar-refractivity contribution in [3.05, 3.63) is 65.7 Å². The molecule has 2 amide bonds. The van der Waals surface area contributed by atoms with Gasteiger partial charge in [0.1, 0.15) is 0 Å². The van der Waals surface area contributed by atoms with Crippen LogP contribution in [0.2, 0.25) is 0 Å². The highest BCUT2D eigenvalue weighted by Gasteiger charge is 2.43. The minimum absolute atomic E-state index is 0.0726. The van der Waals surface area contributed by atoms with Crippen molar-refractivity contribution < 1.29 is 22.8 Å². The SMILES string of the molecule is O=C1CC(N2CCC(Cc3ccccc3)CC2)C(=O)N1c1ccc(C(F)(F)F)cc1. The lowest BCUT2D eigenvalue weighted by Crippen LogP contribution is -2.46. The van der Waals surface area contributed by atoms with Crippen molar-refractivity contribution in [3.63, 3.8) is 0 Å². The zero-order chi connectivity index (χ0) is 21.3. The molecule has 1 unspecified atom stereocenters. The number of benzene rings is 2. The summed E-state index contributed by atoms with van der Waals surface area (Å²) < 4.78 is 38.3. The van der Waals surface area contributed by atoms with Crippen molar-refractivity contribution in [1.29, 1.82) is 0 Å². The Balaban J connectivity index is 1.38. The first-order valence-electron chi connectivity index (χ1n) is 10.1. The number of carbonyl (C=O) groups excluding carboxylic acids is 2. The second-order valence-corrected chi connectivity index (χ2v) is 8.00. The summed E-state index contributed by atoms with van der Waals surface area (Å²) in [5, 5.41) is 0. The van der Waals surface area contributed by atoms with E-state index in [0.29, 0.717) is 5.92 Å². The summed E-state index contributed by atoms with van der Waals surface area (Å²) in [6.45, 7) is 1.48. The van der Waals surface area contributed by atoms with E-state index in [-0.39, 0.29) is 23.9 Å². The van der Waals surface area contributed by atoms with Crippen LogP contribution < -0.4 is 4.90 Å². The number of alkyl halides is 3. The van der Waals surface area contributed by atoms with Crippen molar-refractivity contribution >= 4 is 17.5 Å². The highest BCUT2D eigenvalue weighted by Crippen LogP contribution is 2.33. The van der Waals surface area contributed by atoms with Gasteiger partial charge in [-0.25, -0.2) is 4.90 Å². The molecule has 7 heteroatoms. The number of amides is 2. The third kappa shape index (κ3) is 4.26. The summed E-state index contributed by atoms with van der Waals surface area (Å²) in [5.41, 5.74) is 0.693. The van der Waals surface area contributed by atoms with Crippen molar-refractivity contribution in [2.75, 3.05) is 18.0 Å². The Bertz CT molecular complexity index is 904. The number of anilines is 1. The largest absolute Gasteiger partial charge is 0.416 e. The fourth-order valence-corrected chi connectivity index (χ4v) is 4.39. The number of nitrogens with zero attached hydrogens (tertiary/aromatic N) is 2. The summed E-state index contributed by atoms with van der Waals surface area (Å²) in [6, 6.07) is 13.9. The first kappa shape index (κ1) is 20.6. The normalized spacial score (nSPS) is 21.4. The average Bonchev–Trinajstić information content (AvgIpc) is 3.03. The van der Waals surface area contributed by atoms with Crippen LogP contribution in [0.5, 0.6) is 0 Å². The van der Waals surface area contributed by atoms with E-state index in [1.807, 2.05) is 23.1 Å². The van der Waals surface area contributed by atoms with Gasteiger partial charge >= 0.3 is 6.18 Å². The predicted molar refractivity (Wildman–Crippen MR) is 107 cm³/mol. The van der Waals surface area contributed by atoms with Crippen molar-refractivity contribution in [2.45, 2.75) is 37.9 Å². The Hall–Kier alpha value is -2.67. The molecule has 2 fully saturated rings. The van der Waals surface area contributed by atoms with Crippen LogP contribution in [-0.2, 0) is 22.2 Å². The van der Waals surface area contributed by atoms with Crippen LogP contribution in [-0.4, -0.2) is 35.8 Å². The second-order valence-electron chi connectivity index (χ2n) is 8.00. The van der Waals surface area contributed by atoms with Crippen LogP contribution >= 0.6 is 0 Å². The molecule has 0 bridgehead atoms. The molecule has 30 heavy (non-hydrogen) atoms. The van der Waals surface area contributed by atoms with Crippen molar-refractivity contribution in [1.82, 2.24) is 4.90 Å². The summed E-state index contributed by atoms with van der Waals surface area (Å²) in [5.74, 6) is -0.167. The Morgan fingerprint density at radius 3 is 2.13 bits per heavy atom. The third-order valence-electron chi connectivity index (χ3n) is 6.03. The maximum Gasteiger partial charge on any atom is 0.416 e. The fraction of sp³-hybridized carbons (Fsp3) is 0.391. The van der Waals surface area contributed by atoms with E-state index in [9.17, 15) is 22.8 Å². The minimum Gasteiger partial charge on any atom is -0.292 e. The van der Waals surface area contributed by atoms with Gasteiger partial charge < -0.3 is 0 Å². The van der Waals surface area contributed by atoms with Crippen LogP contribution in [0, 0.1) is 5.92 Å². The third-order valence-corrected chi connectivity index (χ3v) is 6.03. The Kier molecular flexibility index (Phi) is 5.64. The predicted octanol–water partition coefficient (Wildman–Crippen LogP) is 4.29. The van der Waals surface area contributed by atoms with Gasteiger partial charge in [-0.2, -0.15) is 13.2 Å². The molecule has 158 valence electrons. The molecule has 0 radical (unpaired) electrons. The number of imide groups is 1. The molecule has 2 aliphatic heterocycles. The molecule has 2 saturated heterocycles. The van der Waals surface area contributed by atoms with Crippen LogP contribution in [0.15, 0.2) is 54.6 Å². The monoisotopic (exact) mass is 416 g/mol. The molecule has 2 aliphatic rings. The lowest BCUT2D eigenvalue weighted by Gasteiger charge is -2.34. The lowest BCUT2D eigenvalue weighted by atomic mass is 9.89. The summed E-state index contributed by atoms with van der Waals surface area (Å²) in [4.78, 5) is 28.5. The van der Waals surface area contributed by atoms with Gasteiger partial charge in [0.05, 0.1) is 23.7 Å². The first-order valence-corrected chi connectivity index (χ1v) is 10.1. The van der Waals surface area contributed by atoms with Gasteiger partial charge in [-0.05, 0) is 68.1 Å². The molecule has 1 atom stereocenters. The molecule has 0 spiro atoms. The molecule has 4 rings (SSSR count). The van der Waals surface area contributed by atoms with Gasteiger partial charge in [-0.3, -0.25) is 14.5 Å². The van der Waals surface area contributed by atoms with Gasteiger partial charge in [0.2, 0.25) is 5.91 Å². The lowest BCUT2D eigenvalue weighted by molar-refractivity contribution is -0.137. The quantitative estimate of drug-likeness (QED) is 0.698. The second kappa shape index (κ2) is 8.22. The van der Waals surface area contributed by atoms with Gasteiger partial charge in [0.15, 0.2) is 0 Å². The standard InChI is InChI=1S/C23H23F3N2O2/c24-23(25,26)18-6-8-19(9-7-18)28-21(29)15-20(22(28)30)27-12-10-17(11-13-27)14-16-4-2-1-3-5-16/h1-9,17,20H,10-15H2. The van der Waals surface area contributed by atoms with E-state index < -0.39 is 17.8 Å². The summed E-state index contributed by atoms with van der Waals surface area (Å²) >= 11 is 0. The Morgan fingerprint density at radius 1 is 0.900 bits per heavy atom. The molecule has 0 aliphatic carbocycles. The van der Waals surface area contributed by atoms with E-state index in [2.05, 4.69) is 12.1 Å². The maximum atomic E-state index is 12.9. The molecule has 0 N–H and O–H groups in total. The topological polar surface area (TPSA) is 40.6 Å². The number of carbonyl (C=O) groups is 2. The van der Waals surface area contributed by atoms with Crippen molar-refractivity contribution in [2.24, 2.45) is 5.92 Å². The summed E-state index contributed by atoms with van der Waals surface area (Å²) in [7, 11) is 0. The van der Waals surface area contributed by atoms with Crippen LogP contribution in [0.3, 0.4) is 0 Å². The van der Waals surface area contributed by atoms with Gasteiger partial charge in [-0.15, -0.1) is 0 Å². The van der Waals surface area contributed by atoms with Crippen LogP contribution in [0.25, 0.3) is 0 Å². The molecule has 2 heterocycles. The number of hydrogen-bond acceptors (Lipinski definition) is 3. The molecular weight excluding hydrogens is 393 g/mol. The van der Waals surface area contributed by atoms with E-state index in [4.69, 9.17) is 0 Å². The molecule has 4 nitrogen and oxygen atoms in total. The van der Waals surface area contributed by atoms with E-state index in [0.717, 1.165) is 49.4 Å². The number of hydrogen-bond donors (Lipinski definition) is 0. The van der Waals surface area contributed by atoms with Crippen LogP contribution in [0.4, 0.5) is 18.9 Å². The zero-order valence-electron chi connectivity index (χ0n) is 16.4. The number of piperidine rings is 1. The molecule has 0 saturated carbocycles. The smallest absolute Gasteiger partial charge is 0.292 e.